The fraction of sp³-hybridized carbons (Fsp3) is 0.538. The van der Waals surface area contributed by atoms with Gasteiger partial charge in [0.2, 0.25) is 0 Å². The third-order valence-electron chi connectivity index (χ3n) is 3.50. The quantitative estimate of drug-likeness (QED) is 0.859. The lowest BCUT2D eigenvalue weighted by Crippen LogP contribution is -2.40. The van der Waals surface area contributed by atoms with Crippen molar-refractivity contribution in [2.45, 2.75) is 25.4 Å². The van der Waals surface area contributed by atoms with Crippen LogP contribution in [-0.2, 0) is 6.54 Å². The summed E-state index contributed by atoms with van der Waals surface area (Å²) in [6.45, 7) is 2.78. The number of nitrogens with zero attached hydrogens (tertiary/aromatic N) is 1. The molecule has 0 aliphatic carbocycles. The van der Waals surface area contributed by atoms with Crippen molar-refractivity contribution in [1.82, 2.24) is 10.2 Å². The number of benzene rings is 1. The van der Waals surface area contributed by atoms with Crippen molar-refractivity contribution in [1.29, 1.82) is 0 Å². The number of hydrogen-bond donors (Lipinski definition) is 1. The van der Waals surface area contributed by atoms with Crippen LogP contribution in [0.5, 0.6) is 0 Å². The predicted molar refractivity (Wildman–Crippen MR) is 73.8 cm³/mol. The van der Waals surface area contributed by atoms with Crippen molar-refractivity contribution in [2.24, 2.45) is 0 Å². The average molecular weight is 291 g/mol. The summed E-state index contributed by atoms with van der Waals surface area (Å²) in [4.78, 5) is 2.32. The molecule has 1 heterocycles. The fourth-order valence-corrected chi connectivity index (χ4v) is 2.71. The molecule has 0 saturated carbocycles. The number of hydrogen-bond acceptors (Lipinski definition) is 2. The minimum Gasteiger partial charge on any atom is -0.317 e. The predicted octanol–water partition coefficient (Wildman–Crippen LogP) is 3.32. The molecule has 18 heavy (non-hydrogen) atoms. The van der Waals surface area contributed by atoms with E-state index in [4.69, 9.17) is 23.2 Å². The summed E-state index contributed by atoms with van der Waals surface area (Å²) in [5, 5.41) is 3.66. The normalized spacial score (nSPS) is 18.2. The minimum atomic E-state index is -0.459. The Labute approximate surface area is 117 Å². The highest BCUT2D eigenvalue weighted by Crippen LogP contribution is 2.29. The topological polar surface area (TPSA) is 15.3 Å². The van der Waals surface area contributed by atoms with Crippen LogP contribution in [0.2, 0.25) is 10.0 Å². The van der Waals surface area contributed by atoms with Gasteiger partial charge in [0.15, 0.2) is 0 Å². The summed E-state index contributed by atoms with van der Waals surface area (Å²) in [5.74, 6) is -0.459. The van der Waals surface area contributed by atoms with Crippen LogP contribution in [0, 0.1) is 5.82 Å². The van der Waals surface area contributed by atoms with Gasteiger partial charge in [-0.05, 0) is 44.6 Å². The van der Waals surface area contributed by atoms with E-state index in [1.165, 1.54) is 6.07 Å². The molecule has 0 spiro atoms. The van der Waals surface area contributed by atoms with Gasteiger partial charge in [-0.1, -0.05) is 29.3 Å². The minimum absolute atomic E-state index is 0.0271. The molecular formula is C13H17Cl2FN2. The molecule has 1 aliphatic rings. The summed E-state index contributed by atoms with van der Waals surface area (Å²) < 4.78 is 13.2. The van der Waals surface area contributed by atoms with Crippen molar-refractivity contribution in [3.05, 3.63) is 33.6 Å². The Balaban J connectivity index is 2.00. The van der Waals surface area contributed by atoms with Gasteiger partial charge in [-0.3, -0.25) is 4.90 Å². The van der Waals surface area contributed by atoms with E-state index in [1.54, 1.807) is 6.07 Å². The number of likely N-dealkylation sites (tertiary alicyclic amines) is 1. The first-order valence-electron chi connectivity index (χ1n) is 6.14. The summed E-state index contributed by atoms with van der Waals surface area (Å²) in [6, 6.07) is 3.70. The molecule has 0 unspecified atom stereocenters. The molecule has 1 fully saturated rings. The van der Waals surface area contributed by atoms with E-state index in [0.717, 1.165) is 38.0 Å². The highest BCUT2D eigenvalue weighted by atomic mass is 35.5. The summed E-state index contributed by atoms with van der Waals surface area (Å²) in [6.07, 6.45) is 2.26. The Morgan fingerprint density at radius 3 is 2.56 bits per heavy atom. The molecule has 1 N–H and O–H groups in total. The molecule has 2 nitrogen and oxygen atoms in total. The molecule has 1 aliphatic heterocycles. The van der Waals surface area contributed by atoms with Gasteiger partial charge in [-0.15, -0.1) is 0 Å². The molecule has 100 valence electrons. The van der Waals surface area contributed by atoms with Crippen LogP contribution in [0.4, 0.5) is 4.39 Å². The zero-order valence-electron chi connectivity index (χ0n) is 10.3. The van der Waals surface area contributed by atoms with Crippen molar-refractivity contribution in [3.63, 3.8) is 0 Å². The van der Waals surface area contributed by atoms with Gasteiger partial charge < -0.3 is 5.32 Å². The van der Waals surface area contributed by atoms with Gasteiger partial charge in [-0.25, -0.2) is 4.39 Å². The highest BCUT2D eigenvalue weighted by molar-refractivity contribution is 6.42. The lowest BCUT2D eigenvalue weighted by molar-refractivity contribution is 0.194. The molecule has 1 saturated heterocycles. The Hall–Kier alpha value is -0.350. The molecular weight excluding hydrogens is 274 g/mol. The number of piperidine rings is 1. The molecule has 0 bridgehead atoms. The van der Waals surface area contributed by atoms with Crippen LogP contribution >= 0.6 is 23.2 Å². The maximum absolute atomic E-state index is 13.2. The molecule has 5 heteroatoms. The van der Waals surface area contributed by atoms with E-state index in [0.29, 0.717) is 11.1 Å². The van der Waals surface area contributed by atoms with E-state index >= 15 is 0 Å². The second-order valence-corrected chi connectivity index (χ2v) is 5.43. The van der Waals surface area contributed by atoms with E-state index in [9.17, 15) is 4.39 Å². The maximum atomic E-state index is 13.2. The van der Waals surface area contributed by atoms with E-state index in [1.807, 2.05) is 7.05 Å². The number of nitrogens with one attached hydrogen (secondary N) is 1. The smallest absolute Gasteiger partial charge is 0.143 e. The second-order valence-electron chi connectivity index (χ2n) is 4.67. The second kappa shape index (κ2) is 6.20. The lowest BCUT2D eigenvalue weighted by atomic mass is 10.0. The van der Waals surface area contributed by atoms with Crippen LogP contribution < -0.4 is 5.32 Å². The SMILES string of the molecule is CNC1CCN(Cc2ccc(F)c(Cl)c2Cl)CC1. The number of rotatable bonds is 3. The van der Waals surface area contributed by atoms with Gasteiger partial charge in [0.1, 0.15) is 5.82 Å². The van der Waals surface area contributed by atoms with E-state index in [-0.39, 0.29) is 5.02 Å². The lowest BCUT2D eigenvalue weighted by Gasteiger charge is -2.32. The van der Waals surface area contributed by atoms with Crippen LogP contribution in [0.25, 0.3) is 0 Å². The van der Waals surface area contributed by atoms with Gasteiger partial charge in [0.05, 0.1) is 10.0 Å². The first-order chi connectivity index (χ1) is 8.61. The zero-order chi connectivity index (χ0) is 13.1. The third kappa shape index (κ3) is 3.15. The fourth-order valence-electron chi connectivity index (χ4n) is 2.31. The van der Waals surface area contributed by atoms with Crippen LogP contribution in [-0.4, -0.2) is 31.1 Å². The molecule has 0 radical (unpaired) electrons. The molecule has 1 aromatic rings. The van der Waals surface area contributed by atoms with E-state index < -0.39 is 5.82 Å². The molecule has 0 atom stereocenters. The summed E-state index contributed by atoms with van der Waals surface area (Å²) >= 11 is 11.9. The van der Waals surface area contributed by atoms with Crippen LogP contribution in [0.3, 0.4) is 0 Å². The van der Waals surface area contributed by atoms with Gasteiger partial charge in [0, 0.05) is 12.6 Å². The zero-order valence-corrected chi connectivity index (χ0v) is 11.9. The number of halogens is 3. The van der Waals surface area contributed by atoms with Crippen LogP contribution in [0.15, 0.2) is 12.1 Å². The average Bonchev–Trinajstić information content (AvgIpc) is 2.40. The van der Waals surface area contributed by atoms with Gasteiger partial charge in [0.25, 0.3) is 0 Å². The molecule has 0 amide bonds. The van der Waals surface area contributed by atoms with E-state index in [2.05, 4.69) is 10.2 Å². The third-order valence-corrected chi connectivity index (χ3v) is 4.40. The maximum Gasteiger partial charge on any atom is 0.143 e. The molecule has 1 aromatic carbocycles. The summed E-state index contributed by atoms with van der Waals surface area (Å²) in [7, 11) is 2.00. The summed E-state index contributed by atoms with van der Waals surface area (Å²) in [5.41, 5.74) is 0.894. The first kappa shape index (κ1) is 14.1. The largest absolute Gasteiger partial charge is 0.317 e. The Bertz CT molecular complexity index is 418. The Morgan fingerprint density at radius 1 is 1.28 bits per heavy atom. The Kier molecular flexibility index (Phi) is 4.84. The van der Waals surface area contributed by atoms with Crippen molar-refractivity contribution in [3.8, 4) is 0 Å². The van der Waals surface area contributed by atoms with Crippen molar-refractivity contribution in [2.75, 3.05) is 20.1 Å². The first-order valence-corrected chi connectivity index (χ1v) is 6.89. The molecule has 0 aromatic heterocycles. The van der Waals surface area contributed by atoms with Crippen molar-refractivity contribution < 1.29 is 4.39 Å². The van der Waals surface area contributed by atoms with Crippen LogP contribution in [0.1, 0.15) is 18.4 Å². The monoisotopic (exact) mass is 290 g/mol. The van der Waals surface area contributed by atoms with Gasteiger partial charge >= 0.3 is 0 Å². The van der Waals surface area contributed by atoms with Crippen molar-refractivity contribution >= 4 is 23.2 Å². The molecule has 2 rings (SSSR count). The Morgan fingerprint density at radius 2 is 1.94 bits per heavy atom. The van der Waals surface area contributed by atoms with Gasteiger partial charge in [-0.2, -0.15) is 0 Å². The standard InChI is InChI=1S/C13H17Cl2FN2/c1-17-10-4-6-18(7-5-10)8-9-2-3-11(16)13(15)12(9)14/h2-3,10,17H,4-8H2,1H3. The highest BCUT2D eigenvalue weighted by Gasteiger charge is 2.19.